The highest BCUT2D eigenvalue weighted by molar-refractivity contribution is 5.87. The molecule has 1 spiro atoms. The van der Waals surface area contributed by atoms with Gasteiger partial charge in [-0.15, -0.1) is 0 Å². The van der Waals surface area contributed by atoms with E-state index >= 15 is 0 Å². The predicted molar refractivity (Wildman–Crippen MR) is 119 cm³/mol. The van der Waals surface area contributed by atoms with Gasteiger partial charge in [0.05, 0.1) is 17.2 Å². The van der Waals surface area contributed by atoms with Crippen LogP contribution >= 0.6 is 0 Å². The van der Waals surface area contributed by atoms with Crippen molar-refractivity contribution < 1.29 is 15.0 Å². The van der Waals surface area contributed by atoms with Gasteiger partial charge < -0.3 is 10.2 Å². The summed E-state index contributed by atoms with van der Waals surface area (Å²) in [6.45, 7) is 6.57. The highest BCUT2D eigenvalue weighted by atomic mass is 16.4. The zero-order valence-electron chi connectivity index (χ0n) is 17.9. The first-order valence-corrected chi connectivity index (χ1v) is 11.3. The Morgan fingerprint density at radius 3 is 2.48 bits per heavy atom. The molecule has 2 aromatic rings. The van der Waals surface area contributed by atoms with Gasteiger partial charge in [-0.05, 0) is 36.1 Å². The lowest BCUT2D eigenvalue weighted by Gasteiger charge is -2.61. The molecule has 0 amide bonds. The normalized spacial score (nSPS) is 26.0. The monoisotopic (exact) mass is 421 g/mol. The van der Waals surface area contributed by atoms with E-state index in [2.05, 4.69) is 45.0 Å². The molecule has 0 saturated carbocycles. The molecule has 6 heteroatoms. The van der Waals surface area contributed by atoms with Crippen LogP contribution in [-0.4, -0.2) is 87.8 Å². The van der Waals surface area contributed by atoms with E-state index in [0.717, 1.165) is 64.2 Å². The third-order valence-corrected chi connectivity index (χ3v) is 7.16. The van der Waals surface area contributed by atoms with Crippen molar-refractivity contribution in [1.82, 2.24) is 14.7 Å². The summed E-state index contributed by atoms with van der Waals surface area (Å²) in [4.78, 5) is 18.9. The van der Waals surface area contributed by atoms with Crippen LogP contribution in [0.5, 0.6) is 0 Å². The van der Waals surface area contributed by atoms with Crippen molar-refractivity contribution in [2.45, 2.75) is 37.1 Å². The number of aromatic carboxylic acids is 1. The van der Waals surface area contributed by atoms with Gasteiger partial charge in [-0.25, -0.2) is 4.79 Å². The van der Waals surface area contributed by atoms with Crippen LogP contribution < -0.4 is 0 Å². The quantitative estimate of drug-likeness (QED) is 0.743. The molecule has 6 nitrogen and oxygen atoms in total. The lowest BCUT2D eigenvalue weighted by molar-refractivity contribution is -0.114. The number of likely N-dealkylation sites (tertiary alicyclic amines) is 1. The fourth-order valence-corrected chi connectivity index (χ4v) is 5.85. The average Bonchev–Trinajstić information content (AvgIpc) is 3.12. The zero-order valence-corrected chi connectivity index (χ0v) is 17.9. The van der Waals surface area contributed by atoms with Gasteiger partial charge >= 0.3 is 5.97 Å². The maximum absolute atomic E-state index is 11.3. The molecule has 164 valence electrons. The largest absolute Gasteiger partial charge is 0.478 e. The van der Waals surface area contributed by atoms with Crippen molar-refractivity contribution in [1.29, 1.82) is 0 Å². The Kier molecular flexibility index (Phi) is 5.56. The molecule has 2 atom stereocenters. The van der Waals surface area contributed by atoms with Crippen molar-refractivity contribution in [2.75, 3.05) is 39.3 Å². The number of fused-ring (bicyclic) bond motifs is 2. The number of piperazine rings is 1. The van der Waals surface area contributed by atoms with Crippen molar-refractivity contribution in [2.24, 2.45) is 0 Å². The van der Waals surface area contributed by atoms with E-state index in [0.29, 0.717) is 11.6 Å². The van der Waals surface area contributed by atoms with Gasteiger partial charge in [0, 0.05) is 51.9 Å². The van der Waals surface area contributed by atoms with Gasteiger partial charge in [-0.2, -0.15) is 0 Å². The molecule has 5 rings (SSSR count). The highest BCUT2D eigenvalue weighted by Crippen LogP contribution is 2.39. The van der Waals surface area contributed by atoms with Crippen molar-refractivity contribution in [3.05, 3.63) is 71.3 Å². The third-order valence-electron chi connectivity index (χ3n) is 7.16. The molecule has 3 saturated heterocycles. The number of hydrogen-bond donors (Lipinski definition) is 2. The minimum absolute atomic E-state index is 0.0987. The van der Waals surface area contributed by atoms with E-state index in [4.69, 9.17) is 0 Å². The number of benzene rings is 2. The Morgan fingerprint density at radius 1 is 0.968 bits per heavy atom. The number of carboxylic acids is 1. The Morgan fingerprint density at radius 2 is 1.71 bits per heavy atom. The van der Waals surface area contributed by atoms with Gasteiger partial charge in [0.2, 0.25) is 0 Å². The van der Waals surface area contributed by atoms with Crippen LogP contribution in [0.15, 0.2) is 54.6 Å². The number of nitrogens with zero attached hydrogens (tertiary/aromatic N) is 3. The maximum Gasteiger partial charge on any atom is 0.335 e. The van der Waals surface area contributed by atoms with Gasteiger partial charge in [0.1, 0.15) is 0 Å². The second-order valence-corrected chi connectivity index (χ2v) is 9.54. The second kappa shape index (κ2) is 8.36. The molecule has 3 fully saturated rings. The summed E-state index contributed by atoms with van der Waals surface area (Å²) in [5.74, 6) is -0.880. The summed E-state index contributed by atoms with van der Waals surface area (Å²) in [5, 5.41) is 19.7. The molecule has 3 heterocycles. The fourth-order valence-electron chi connectivity index (χ4n) is 5.85. The zero-order chi connectivity index (χ0) is 21.4. The van der Waals surface area contributed by atoms with Gasteiger partial charge in [-0.1, -0.05) is 42.5 Å². The molecule has 3 aliphatic rings. The summed E-state index contributed by atoms with van der Waals surface area (Å²) in [6, 6.07) is 18.3. The van der Waals surface area contributed by atoms with Gasteiger partial charge in [-0.3, -0.25) is 14.7 Å². The lowest BCUT2D eigenvalue weighted by atomic mass is 9.83. The minimum Gasteiger partial charge on any atom is -0.478 e. The second-order valence-electron chi connectivity index (χ2n) is 9.54. The number of aliphatic hydroxyl groups excluding tert-OH is 1. The predicted octanol–water partition coefficient (Wildman–Crippen LogP) is 1.93. The molecule has 0 aliphatic carbocycles. The van der Waals surface area contributed by atoms with E-state index in [9.17, 15) is 15.0 Å². The van der Waals surface area contributed by atoms with Crippen LogP contribution in [0.25, 0.3) is 0 Å². The average molecular weight is 422 g/mol. The molecule has 2 aromatic carbocycles. The Hall–Kier alpha value is -2.25. The lowest BCUT2D eigenvalue weighted by Crippen LogP contribution is -2.78. The Labute approximate surface area is 183 Å². The highest BCUT2D eigenvalue weighted by Gasteiger charge is 2.55. The fraction of sp³-hybridized carbons (Fsp3) is 0.480. The van der Waals surface area contributed by atoms with Crippen LogP contribution in [0.2, 0.25) is 0 Å². The summed E-state index contributed by atoms with van der Waals surface area (Å²) < 4.78 is 0. The van der Waals surface area contributed by atoms with E-state index in [1.807, 2.05) is 12.1 Å². The van der Waals surface area contributed by atoms with E-state index in [1.165, 1.54) is 5.56 Å². The Bertz CT molecular complexity index is 929. The molecular weight excluding hydrogens is 390 g/mol. The first-order valence-electron chi connectivity index (χ1n) is 11.3. The van der Waals surface area contributed by atoms with Crippen LogP contribution in [0, 0.1) is 0 Å². The van der Waals surface area contributed by atoms with Crippen LogP contribution in [0.1, 0.15) is 27.9 Å². The molecule has 0 radical (unpaired) electrons. The molecule has 3 aliphatic heterocycles. The first-order chi connectivity index (χ1) is 15.0. The first kappa shape index (κ1) is 20.6. The molecular formula is C25H31N3O3. The summed E-state index contributed by atoms with van der Waals surface area (Å²) in [7, 11) is 0. The van der Waals surface area contributed by atoms with Crippen molar-refractivity contribution in [3.8, 4) is 0 Å². The van der Waals surface area contributed by atoms with E-state index in [-0.39, 0.29) is 11.6 Å². The maximum atomic E-state index is 11.3. The SMILES string of the molecule is O=C(O)c1cccc(CN2C[C@H]3C[C@@H](O)CN3C3(C2)CN(CCc2ccccc2)C3)c1. The molecule has 2 N–H and O–H groups in total. The minimum atomic E-state index is -0.880. The van der Waals surface area contributed by atoms with Gasteiger partial charge in [0.25, 0.3) is 0 Å². The summed E-state index contributed by atoms with van der Waals surface area (Å²) in [5.41, 5.74) is 2.86. The van der Waals surface area contributed by atoms with E-state index in [1.54, 1.807) is 12.1 Å². The van der Waals surface area contributed by atoms with Crippen molar-refractivity contribution >= 4 is 5.97 Å². The number of β-amino-alcohol motifs (C(OH)–C–C–N with tert-alkyl or cyclic N) is 1. The van der Waals surface area contributed by atoms with E-state index < -0.39 is 5.97 Å². The van der Waals surface area contributed by atoms with Crippen molar-refractivity contribution in [3.63, 3.8) is 0 Å². The van der Waals surface area contributed by atoms with Crippen LogP contribution in [0.4, 0.5) is 0 Å². The standard InChI is InChI=1S/C25H31N3O3/c29-23-12-22-14-27(13-20-7-4-8-21(11-20)24(30)31)18-25(28(22)15-23)16-26(17-25)10-9-19-5-2-1-3-6-19/h1-8,11,22-23,29H,9-10,12-18H2,(H,30,31)/t22-,23-/m1/s1. The number of carbonyl (C=O) groups is 1. The number of carboxylic acid groups (broad SMARTS) is 1. The van der Waals surface area contributed by atoms with Gasteiger partial charge in [0.15, 0.2) is 0 Å². The number of rotatable bonds is 6. The van der Waals surface area contributed by atoms with Crippen LogP contribution in [-0.2, 0) is 13.0 Å². The molecule has 0 unspecified atom stereocenters. The van der Waals surface area contributed by atoms with Crippen LogP contribution in [0.3, 0.4) is 0 Å². The summed E-state index contributed by atoms with van der Waals surface area (Å²) >= 11 is 0. The molecule has 0 aromatic heterocycles. The smallest absolute Gasteiger partial charge is 0.335 e. The summed E-state index contributed by atoms with van der Waals surface area (Å²) in [6.07, 6.45) is 1.65. The Balaban J connectivity index is 1.26. The topological polar surface area (TPSA) is 67.2 Å². The number of aliphatic hydroxyl groups is 1. The molecule has 31 heavy (non-hydrogen) atoms. The molecule has 0 bridgehead atoms. The number of hydrogen-bond acceptors (Lipinski definition) is 5. The third kappa shape index (κ3) is 4.26.